The molecule has 1 unspecified atom stereocenters. The third-order valence-corrected chi connectivity index (χ3v) is 3.57. The zero-order valence-electron chi connectivity index (χ0n) is 9.61. The lowest BCUT2D eigenvalue weighted by atomic mass is 9.79. The number of hydrogen-bond donors (Lipinski definition) is 2. The van der Waals surface area contributed by atoms with Gasteiger partial charge in [0.2, 0.25) is 0 Å². The summed E-state index contributed by atoms with van der Waals surface area (Å²) in [6.45, 7) is 4.50. The highest BCUT2D eigenvalue weighted by molar-refractivity contribution is 6.29. The molecule has 2 N–H and O–H groups in total. The Balaban J connectivity index is 2.37. The zero-order chi connectivity index (χ0) is 12.2. The molecule has 3 rings (SSSR count). The predicted octanol–water partition coefficient (Wildman–Crippen LogP) is 1.45. The molecule has 2 aromatic rings. The SMILES string of the molecule is CC1(C)c2c(cnc3cc(Cl)nn23)NCC1O. The van der Waals surface area contributed by atoms with Gasteiger partial charge in [-0.15, -0.1) is 0 Å². The van der Waals surface area contributed by atoms with Crippen LogP contribution in [0.3, 0.4) is 0 Å². The quantitative estimate of drug-likeness (QED) is 0.745. The topological polar surface area (TPSA) is 62.5 Å². The summed E-state index contributed by atoms with van der Waals surface area (Å²) < 4.78 is 1.70. The van der Waals surface area contributed by atoms with Crippen molar-refractivity contribution >= 4 is 22.9 Å². The van der Waals surface area contributed by atoms with Crippen LogP contribution in [0, 0.1) is 0 Å². The van der Waals surface area contributed by atoms with Crippen molar-refractivity contribution in [2.24, 2.45) is 0 Å². The standard InChI is InChI=1S/C11H13ClN4O/c1-11(2)7(17)5-13-6-4-14-9-3-8(12)15-16(9)10(6)11/h3-4,7,13,17H,5H2,1-2H3. The number of β-amino-alcohol motifs (C(OH)–C–C–N with tert-alkyl or cyclic N) is 1. The van der Waals surface area contributed by atoms with Gasteiger partial charge in [-0.1, -0.05) is 25.4 Å². The maximum Gasteiger partial charge on any atom is 0.156 e. The Hall–Kier alpha value is -1.33. The van der Waals surface area contributed by atoms with Crippen LogP contribution in [0.15, 0.2) is 12.3 Å². The van der Waals surface area contributed by atoms with Crippen molar-refractivity contribution in [3.8, 4) is 0 Å². The van der Waals surface area contributed by atoms with Gasteiger partial charge in [-0.3, -0.25) is 0 Å². The normalized spacial score (nSPS) is 22.2. The summed E-state index contributed by atoms with van der Waals surface area (Å²) in [5.41, 5.74) is 2.11. The second-order valence-electron chi connectivity index (χ2n) is 4.88. The van der Waals surface area contributed by atoms with Crippen LogP contribution in [0.1, 0.15) is 19.5 Å². The summed E-state index contributed by atoms with van der Waals surface area (Å²) in [5, 5.41) is 17.9. The number of anilines is 1. The summed E-state index contributed by atoms with van der Waals surface area (Å²) in [7, 11) is 0. The summed E-state index contributed by atoms with van der Waals surface area (Å²) in [6.07, 6.45) is 1.29. The first-order valence-electron chi connectivity index (χ1n) is 5.47. The minimum Gasteiger partial charge on any atom is -0.390 e. The molecule has 2 aromatic heterocycles. The molecule has 0 radical (unpaired) electrons. The fraction of sp³-hybridized carbons (Fsp3) is 0.455. The van der Waals surface area contributed by atoms with Gasteiger partial charge in [-0.25, -0.2) is 9.50 Å². The Kier molecular flexibility index (Phi) is 2.12. The van der Waals surface area contributed by atoms with Gasteiger partial charge in [0.1, 0.15) is 0 Å². The van der Waals surface area contributed by atoms with Crippen molar-refractivity contribution in [2.45, 2.75) is 25.4 Å². The molecule has 1 aliphatic rings. The third kappa shape index (κ3) is 1.42. The molecule has 0 aliphatic carbocycles. The Morgan fingerprint density at radius 2 is 2.35 bits per heavy atom. The summed E-state index contributed by atoms with van der Waals surface area (Å²) in [5.74, 6) is 0. The average Bonchev–Trinajstić information content (AvgIpc) is 2.63. The second-order valence-corrected chi connectivity index (χ2v) is 5.26. The van der Waals surface area contributed by atoms with E-state index >= 15 is 0 Å². The number of nitrogens with zero attached hydrogens (tertiary/aromatic N) is 3. The molecule has 0 saturated carbocycles. The number of aliphatic hydroxyl groups is 1. The Bertz CT molecular complexity index is 592. The molecule has 0 amide bonds. The molecule has 6 heteroatoms. The number of aliphatic hydroxyl groups excluding tert-OH is 1. The molecule has 90 valence electrons. The van der Waals surface area contributed by atoms with Crippen molar-refractivity contribution < 1.29 is 5.11 Å². The smallest absolute Gasteiger partial charge is 0.156 e. The van der Waals surface area contributed by atoms with Crippen molar-refractivity contribution in [3.05, 3.63) is 23.1 Å². The van der Waals surface area contributed by atoms with Gasteiger partial charge in [0.25, 0.3) is 0 Å². The summed E-state index contributed by atoms with van der Waals surface area (Å²) in [4.78, 5) is 4.28. The van der Waals surface area contributed by atoms with Crippen LogP contribution < -0.4 is 5.32 Å². The fourth-order valence-corrected chi connectivity index (χ4v) is 2.45. The van der Waals surface area contributed by atoms with Crippen molar-refractivity contribution in [1.29, 1.82) is 0 Å². The van der Waals surface area contributed by atoms with E-state index in [0.717, 1.165) is 11.4 Å². The van der Waals surface area contributed by atoms with Gasteiger partial charge < -0.3 is 10.4 Å². The van der Waals surface area contributed by atoms with Crippen LogP contribution in [-0.2, 0) is 5.41 Å². The molecule has 0 bridgehead atoms. The first-order valence-corrected chi connectivity index (χ1v) is 5.84. The molecule has 1 atom stereocenters. The molecule has 1 aliphatic heterocycles. The number of rotatable bonds is 0. The van der Waals surface area contributed by atoms with Crippen molar-refractivity contribution in [1.82, 2.24) is 14.6 Å². The highest BCUT2D eigenvalue weighted by Gasteiger charge is 2.38. The van der Waals surface area contributed by atoms with Gasteiger partial charge >= 0.3 is 0 Å². The minimum absolute atomic E-state index is 0.392. The molecule has 0 fully saturated rings. The second kappa shape index (κ2) is 3.34. The molecule has 0 saturated heterocycles. The Morgan fingerprint density at radius 1 is 1.59 bits per heavy atom. The van der Waals surface area contributed by atoms with Crippen LogP contribution >= 0.6 is 11.6 Å². The maximum absolute atomic E-state index is 10.1. The van der Waals surface area contributed by atoms with E-state index in [4.69, 9.17) is 11.6 Å². The molecular formula is C11H13ClN4O. The van der Waals surface area contributed by atoms with E-state index in [-0.39, 0.29) is 0 Å². The van der Waals surface area contributed by atoms with E-state index in [1.165, 1.54) is 0 Å². The van der Waals surface area contributed by atoms with E-state index in [9.17, 15) is 5.11 Å². The number of fused-ring (bicyclic) bond motifs is 3. The van der Waals surface area contributed by atoms with E-state index in [0.29, 0.717) is 17.3 Å². The van der Waals surface area contributed by atoms with E-state index in [2.05, 4.69) is 15.4 Å². The minimum atomic E-state index is -0.469. The number of halogens is 1. The highest BCUT2D eigenvalue weighted by Crippen LogP contribution is 2.36. The van der Waals surface area contributed by atoms with Crippen molar-refractivity contribution in [2.75, 3.05) is 11.9 Å². The average molecular weight is 253 g/mol. The van der Waals surface area contributed by atoms with Gasteiger partial charge in [0, 0.05) is 18.0 Å². The lowest BCUT2D eigenvalue weighted by Gasteiger charge is -2.37. The van der Waals surface area contributed by atoms with Crippen LogP contribution in [0.2, 0.25) is 5.15 Å². The molecule has 0 spiro atoms. The van der Waals surface area contributed by atoms with Gasteiger partial charge in [-0.2, -0.15) is 5.10 Å². The van der Waals surface area contributed by atoms with E-state index in [1.54, 1.807) is 16.8 Å². The summed E-state index contributed by atoms with van der Waals surface area (Å²) >= 11 is 5.90. The Labute approximate surface area is 103 Å². The predicted molar refractivity (Wildman–Crippen MR) is 65.5 cm³/mol. The van der Waals surface area contributed by atoms with Gasteiger partial charge in [0.15, 0.2) is 10.8 Å². The number of hydrogen-bond acceptors (Lipinski definition) is 4. The summed E-state index contributed by atoms with van der Waals surface area (Å²) in [6, 6.07) is 1.71. The van der Waals surface area contributed by atoms with E-state index < -0.39 is 11.5 Å². The number of aromatic nitrogens is 3. The molecule has 17 heavy (non-hydrogen) atoms. The Morgan fingerprint density at radius 3 is 3.12 bits per heavy atom. The first-order chi connectivity index (χ1) is 8.00. The lowest BCUT2D eigenvalue weighted by Crippen LogP contribution is -2.44. The monoisotopic (exact) mass is 252 g/mol. The van der Waals surface area contributed by atoms with Crippen LogP contribution in [0.5, 0.6) is 0 Å². The van der Waals surface area contributed by atoms with Crippen molar-refractivity contribution in [3.63, 3.8) is 0 Å². The van der Waals surface area contributed by atoms with Crippen LogP contribution in [0.25, 0.3) is 5.65 Å². The van der Waals surface area contributed by atoms with E-state index in [1.807, 2.05) is 13.8 Å². The number of nitrogens with one attached hydrogen (secondary N) is 1. The molecule has 0 aromatic carbocycles. The molecular weight excluding hydrogens is 240 g/mol. The van der Waals surface area contributed by atoms with Gasteiger partial charge in [0.05, 0.1) is 23.7 Å². The van der Waals surface area contributed by atoms with Crippen LogP contribution in [-0.4, -0.2) is 32.4 Å². The highest BCUT2D eigenvalue weighted by atomic mass is 35.5. The maximum atomic E-state index is 10.1. The van der Waals surface area contributed by atoms with Crippen LogP contribution in [0.4, 0.5) is 5.69 Å². The third-order valence-electron chi connectivity index (χ3n) is 3.38. The fourth-order valence-electron chi connectivity index (χ4n) is 2.27. The lowest BCUT2D eigenvalue weighted by molar-refractivity contribution is 0.103. The zero-order valence-corrected chi connectivity index (χ0v) is 10.4. The largest absolute Gasteiger partial charge is 0.390 e. The van der Waals surface area contributed by atoms with Gasteiger partial charge in [-0.05, 0) is 0 Å². The molecule has 5 nitrogen and oxygen atoms in total. The molecule has 3 heterocycles. The first kappa shape index (κ1) is 10.8.